The van der Waals surface area contributed by atoms with Crippen LogP contribution in [-0.4, -0.2) is 25.3 Å². The molecule has 1 N–H and O–H groups in total. The van der Waals surface area contributed by atoms with Gasteiger partial charge < -0.3 is 9.88 Å². The van der Waals surface area contributed by atoms with Gasteiger partial charge in [0.25, 0.3) is 0 Å². The van der Waals surface area contributed by atoms with Crippen molar-refractivity contribution < 1.29 is 4.79 Å². The molecule has 0 radical (unpaired) electrons. The molecule has 1 unspecified atom stereocenters. The average Bonchev–Trinajstić information content (AvgIpc) is 2.98. The van der Waals surface area contributed by atoms with Crippen LogP contribution in [0.2, 0.25) is 0 Å². The fourth-order valence-corrected chi connectivity index (χ4v) is 2.60. The van der Waals surface area contributed by atoms with Crippen molar-refractivity contribution in [2.75, 3.05) is 5.32 Å². The standard InChI is InChI=1S/C17H19N5O/c1-12(8-13(2)23)22-11-21-15-16(19-10-20-17(15)22)18-9-14-6-4-3-5-7-14/h3-7,10-12H,8-9H2,1-2H3,(H,18,19,20). The van der Waals surface area contributed by atoms with E-state index in [4.69, 9.17) is 0 Å². The Morgan fingerprint density at radius 2 is 2.00 bits per heavy atom. The van der Waals surface area contributed by atoms with Gasteiger partial charge in [0.2, 0.25) is 0 Å². The molecule has 6 heteroatoms. The molecule has 2 heterocycles. The van der Waals surface area contributed by atoms with Gasteiger partial charge in [0.15, 0.2) is 11.5 Å². The first-order valence-corrected chi connectivity index (χ1v) is 7.60. The van der Waals surface area contributed by atoms with E-state index in [1.165, 1.54) is 11.9 Å². The van der Waals surface area contributed by atoms with Crippen molar-refractivity contribution in [2.24, 2.45) is 0 Å². The van der Waals surface area contributed by atoms with Crippen LogP contribution in [0.3, 0.4) is 0 Å². The largest absolute Gasteiger partial charge is 0.364 e. The third-order valence-corrected chi connectivity index (χ3v) is 3.72. The van der Waals surface area contributed by atoms with Crippen LogP contribution in [0.15, 0.2) is 43.0 Å². The molecule has 6 nitrogen and oxygen atoms in total. The number of ketones is 1. The minimum atomic E-state index is 0.0226. The number of anilines is 1. The number of Topliss-reactive ketones (excluding diaryl/α,β-unsaturated/α-hetero) is 1. The summed E-state index contributed by atoms with van der Waals surface area (Å²) in [7, 11) is 0. The SMILES string of the molecule is CC(=O)CC(C)n1cnc2c(NCc3ccccc3)ncnc21. The van der Waals surface area contributed by atoms with Gasteiger partial charge in [-0.25, -0.2) is 15.0 Å². The Morgan fingerprint density at radius 3 is 2.74 bits per heavy atom. The van der Waals surface area contributed by atoms with E-state index in [1.807, 2.05) is 29.7 Å². The summed E-state index contributed by atoms with van der Waals surface area (Å²) in [4.78, 5) is 24.4. The Labute approximate surface area is 134 Å². The summed E-state index contributed by atoms with van der Waals surface area (Å²) >= 11 is 0. The van der Waals surface area contributed by atoms with Crippen molar-refractivity contribution in [2.45, 2.75) is 32.9 Å². The Hall–Kier alpha value is -2.76. The monoisotopic (exact) mass is 309 g/mol. The fraction of sp³-hybridized carbons (Fsp3) is 0.294. The number of benzene rings is 1. The zero-order valence-corrected chi connectivity index (χ0v) is 13.2. The maximum Gasteiger partial charge on any atom is 0.165 e. The van der Waals surface area contributed by atoms with E-state index in [2.05, 4.69) is 32.4 Å². The molecule has 0 aliphatic carbocycles. The number of carbonyl (C=O) groups excluding carboxylic acids is 1. The highest BCUT2D eigenvalue weighted by molar-refractivity contribution is 5.83. The van der Waals surface area contributed by atoms with Crippen molar-refractivity contribution in [1.82, 2.24) is 19.5 Å². The molecule has 2 aromatic heterocycles. The van der Waals surface area contributed by atoms with E-state index in [1.54, 1.807) is 13.3 Å². The van der Waals surface area contributed by atoms with Gasteiger partial charge in [0.1, 0.15) is 17.6 Å². The number of hydrogen-bond acceptors (Lipinski definition) is 5. The lowest BCUT2D eigenvalue weighted by atomic mass is 10.2. The van der Waals surface area contributed by atoms with E-state index < -0.39 is 0 Å². The van der Waals surface area contributed by atoms with Gasteiger partial charge in [0, 0.05) is 19.0 Å². The van der Waals surface area contributed by atoms with Gasteiger partial charge in [-0.15, -0.1) is 0 Å². The maximum atomic E-state index is 11.3. The van der Waals surface area contributed by atoms with Crippen LogP contribution in [0.1, 0.15) is 31.9 Å². The van der Waals surface area contributed by atoms with E-state index in [-0.39, 0.29) is 11.8 Å². The summed E-state index contributed by atoms with van der Waals surface area (Å²) in [5.41, 5.74) is 2.63. The zero-order valence-electron chi connectivity index (χ0n) is 13.2. The van der Waals surface area contributed by atoms with Crippen LogP contribution in [0.4, 0.5) is 5.82 Å². The third kappa shape index (κ3) is 3.36. The van der Waals surface area contributed by atoms with Crippen molar-refractivity contribution in [1.29, 1.82) is 0 Å². The predicted molar refractivity (Wildman–Crippen MR) is 89.1 cm³/mol. The summed E-state index contributed by atoms with van der Waals surface area (Å²) in [6, 6.07) is 10.1. The predicted octanol–water partition coefficient (Wildman–Crippen LogP) is 2.98. The normalized spacial score (nSPS) is 12.3. The quantitative estimate of drug-likeness (QED) is 0.758. The second-order valence-corrected chi connectivity index (χ2v) is 5.64. The van der Waals surface area contributed by atoms with Gasteiger partial charge in [-0.2, -0.15) is 0 Å². The first-order valence-electron chi connectivity index (χ1n) is 7.60. The van der Waals surface area contributed by atoms with Crippen LogP contribution in [-0.2, 0) is 11.3 Å². The van der Waals surface area contributed by atoms with E-state index in [0.717, 1.165) is 11.2 Å². The smallest absolute Gasteiger partial charge is 0.165 e. The van der Waals surface area contributed by atoms with Crippen molar-refractivity contribution in [3.8, 4) is 0 Å². The number of nitrogens with one attached hydrogen (secondary N) is 1. The van der Waals surface area contributed by atoms with E-state index in [0.29, 0.717) is 18.8 Å². The molecule has 0 fully saturated rings. The molecular weight excluding hydrogens is 290 g/mol. The second-order valence-electron chi connectivity index (χ2n) is 5.64. The number of carbonyl (C=O) groups is 1. The number of fused-ring (bicyclic) bond motifs is 1. The van der Waals surface area contributed by atoms with E-state index >= 15 is 0 Å². The Kier molecular flexibility index (Phi) is 4.32. The van der Waals surface area contributed by atoms with Gasteiger partial charge in [0.05, 0.1) is 6.33 Å². The fourth-order valence-electron chi connectivity index (χ4n) is 2.60. The van der Waals surface area contributed by atoms with Crippen molar-refractivity contribution >= 4 is 22.8 Å². The van der Waals surface area contributed by atoms with Gasteiger partial charge in [-0.3, -0.25) is 4.79 Å². The molecule has 1 aromatic carbocycles. The Bertz CT molecular complexity index is 812. The maximum absolute atomic E-state index is 11.3. The molecule has 23 heavy (non-hydrogen) atoms. The summed E-state index contributed by atoms with van der Waals surface area (Å²) in [5, 5.41) is 3.30. The lowest BCUT2D eigenvalue weighted by Gasteiger charge is -2.12. The molecule has 3 rings (SSSR count). The molecule has 0 saturated carbocycles. The van der Waals surface area contributed by atoms with Crippen LogP contribution < -0.4 is 5.32 Å². The molecule has 1 atom stereocenters. The first-order chi connectivity index (χ1) is 11.1. The number of imidazole rings is 1. The van der Waals surface area contributed by atoms with Crippen LogP contribution >= 0.6 is 0 Å². The van der Waals surface area contributed by atoms with Crippen LogP contribution in [0, 0.1) is 0 Å². The lowest BCUT2D eigenvalue weighted by Crippen LogP contribution is -2.09. The Morgan fingerprint density at radius 1 is 1.22 bits per heavy atom. The topological polar surface area (TPSA) is 72.7 Å². The summed E-state index contributed by atoms with van der Waals surface area (Å²) in [6.45, 7) is 4.25. The number of hydrogen-bond donors (Lipinski definition) is 1. The number of rotatable bonds is 6. The number of aromatic nitrogens is 4. The second kappa shape index (κ2) is 6.56. The van der Waals surface area contributed by atoms with E-state index in [9.17, 15) is 4.79 Å². The minimum absolute atomic E-state index is 0.0226. The van der Waals surface area contributed by atoms with Gasteiger partial charge >= 0.3 is 0 Å². The van der Waals surface area contributed by atoms with Crippen molar-refractivity contribution in [3.05, 3.63) is 48.5 Å². The summed E-state index contributed by atoms with van der Waals surface area (Å²) < 4.78 is 1.92. The van der Waals surface area contributed by atoms with Crippen LogP contribution in [0.25, 0.3) is 11.2 Å². The number of nitrogens with zero attached hydrogens (tertiary/aromatic N) is 4. The molecule has 118 valence electrons. The minimum Gasteiger partial charge on any atom is -0.364 e. The summed E-state index contributed by atoms with van der Waals surface area (Å²) in [6.07, 6.45) is 3.71. The third-order valence-electron chi connectivity index (χ3n) is 3.72. The molecular formula is C17H19N5O. The molecule has 0 aliphatic rings. The molecule has 0 saturated heterocycles. The zero-order chi connectivity index (χ0) is 16.2. The molecule has 0 aliphatic heterocycles. The highest BCUT2D eigenvalue weighted by atomic mass is 16.1. The molecule has 0 bridgehead atoms. The first kappa shape index (κ1) is 15.1. The molecule has 0 spiro atoms. The Balaban J connectivity index is 1.85. The molecule has 3 aromatic rings. The van der Waals surface area contributed by atoms with Crippen LogP contribution in [0.5, 0.6) is 0 Å². The average molecular weight is 309 g/mol. The highest BCUT2D eigenvalue weighted by Gasteiger charge is 2.15. The van der Waals surface area contributed by atoms with Gasteiger partial charge in [-0.1, -0.05) is 30.3 Å². The highest BCUT2D eigenvalue weighted by Crippen LogP contribution is 2.22. The van der Waals surface area contributed by atoms with Gasteiger partial charge in [-0.05, 0) is 19.4 Å². The van der Waals surface area contributed by atoms with Crippen molar-refractivity contribution in [3.63, 3.8) is 0 Å². The summed E-state index contributed by atoms with van der Waals surface area (Å²) in [5.74, 6) is 0.850. The lowest BCUT2D eigenvalue weighted by molar-refractivity contribution is -0.117. The molecule has 0 amide bonds.